The van der Waals surface area contributed by atoms with E-state index < -0.39 is 22.3 Å². The summed E-state index contributed by atoms with van der Waals surface area (Å²) >= 11 is 11.4. The SMILES string of the molecule is O=C(Nc1cccc(F)c1)c1cc(Cl)c(Cl)c([N+](=O)[O-])c1. The summed E-state index contributed by atoms with van der Waals surface area (Å²) in [4.78, 5) is 22.1. The molecule has 0 aromatic heterocycles. The van der Waals surface area contributed by atoms with Crippen molar-refractivity contribution >= 4 is 40.5 Å². The third-order valence-electron chi connectivity index (χ3n) is 2.55. The van der Waals surface area contributed by atoms with Crippen molar-refractivity contribution in [1.29, 1.82) is 0 Å². The van der Waals surface area contributed by atoms with Crippen molar-refractivity contribution in [2.24, 2.45) is 0 Å². The van der Waals surface area contributed by atoms with Crippen LogP contribution in [-0.4, -0.2) is 10.8 Å². The van der Waals surface area contributed by atoms with Gasteiger partial charge in [-0.05, 0) is 24.3 Å². The van der Waals surface area contributed by atoms with Gasteiger partial charge in [0.15, 0.2) is 0 Å². The van der Waals surface area contributed by atoms with Gasteiger partial charge in [0.1, 0.15) is 10.8 Å². The second-order valence-electron chi connectivity index (χ2n) is 4.01. The largest absolute Gasteiger partial charge is 0.322 e. The van der Waals surface area contributed by atoms with Gasteiger partial charge in [-0.15, -0.1) is 0 Å². The Morgan fingerprint density at radius 2 is 1.95 bits per heavy atom. The number of rotatable bonds is 3. The minimum Gasteiger partial charge on any atom is -0.322 e. The van der Waals surface area contributed by atoms with Crippen LogP contribution in [0.5, 0.6) is 0 Å². The molecule has 0 fully saturated rings. The number of amides is 1. The first kappa shape index (κ1) is 15.2. The number of carbonyl (C=O) groups is 1. The summed E-state index contributed by atoms with van der Waals surface area (Å²) in [5.74, 6) is -1.19. The molecule has 0 atom stereocenters. The van der Waals surface area contributed by atoms with Gasteiger partial charge in [0, 0.05) is 17.3 Å². The fraction of sp³-hybridized carbons (Fsp3) is 0. The first-order valence-corrected chi connectivity index (χ1v) is 6.34. The standard InChI is InChI=1S/C13H7Cl2FN2O3/c14-10-4-7(5-11(12(10)15)18(20)21)13(19)17-9-3-1-2-8(16)6-9/h1-6H,(H,17,19). The van der Waals surface area contributed by atoms with E-state index in [0.29, 0.717) is 0 Å². The molecule has 0 aliphatic heterocycles. The highest BCUT2D eigenvalue weighted by Crippen LogP contribution is 2.33. The van der Waals surface area contributed by atoms with Gasteiger partial charge in [-0.25, -0.2) is 4.39 Å². The number of carbonyl (C=O) groups excluding carboxylic acids is 1. The summed E-state index contributed by atoms with van der Waals surface area (Å²) in [7, 11) is 0. The Balaban J connectivity index is 2.33. The van der Waals surface area contributed by atoms with E-state index >= 15 is 0 Å². The van der Waals surface area contributed by atoms with Crippen LogP contribution in [0.25, 0.3) is 0 Å². The molecule has 0 spiro atoms. The van der Waals surface area contributed by atoms with E-state index in [1.165, 1.54) is 24.3 Å². The highest BCUT2D eigenvalue weighted by Gasteiger charge is 2.20. The van der Waals surface area contributed by atoms with E-state index in [0.717, 1.165) is 12.1 Å². The monoisotopic (exact) mass is 328 g/mol. The first-order chi connectivity index (χ1) is 9.88. The molecule has 2 aromatic carbocycles. The second-order valence-corrected chi connectivity index (χ2v) is 4.80. The van der Waals surface area contributed by atoms with E-state index in [9.17, 15) is 19.3 Å². The smallest absolute Gasteiger partial charge is 0.290 e. The molecule has 0 saturated heterocycles. The molecule has 108 valence electrons. The number of anilines is 1. The number of hydrogen-bond donors (Lipinski definition) is 1. The van der Waals surface area contributed by atoms with Crippen molar-refractivity contribution in [3.8, 4) is 0 Å². The van der Waals surface area contributed by atoms with Crippen LogP contribution in [0.2, 0.25) is 10.0 Å². The molecule has 5 nitrogen and oxygen atoms in total. The number of nitro benzene ring substituents is 1. The maximum Gasteiger partial charge on any atom is 0.290 e. The molecular formula is C13H7Cl2FN2O3. The van der Waals surface area contributed by atoms with Gasteiger partial charge in [-0.1, -0.05) is 29.3 Å². The van der Waals surface area contributed by atoms with Crippen molar-refractivity contribution in [1.82, 2.24) is 0 Å². The number of hydrogen-bond acceptors (Lipinski definition) is 3. The lowest BCUT2D eigenvalue weighted by Crippen LogP contribution is -2.12. The van der Waals surface area contributed by atoms with Gasteiger partial charge in [0.25, 0.3) is 11.6 Å². The van der Waals surface area contributed by atoms with E-state index in [2.05, 4.69) is 5.32 Å². The summed E-state index contributed by atoms with van der Waals surface area (Å²) in [6.45, 7) is 0. The molecule has 0 aliphatic rings. The van der Waals surface area contributed by atoms with Crippen LogP contribution in [0, 0.1) is 15.9 Å². The Morgan fingerprint density at radius 3 is 2.57 bits per heavy atom. The maximum atomic E-state index is 13.0. The van der Waals surface area contributed by atoms with Crippen LogP contribution in [0.4, 0.5) is 15.8 Å². The Bertz CT molecular complexity index is 737. The van der Waals surface area contributed by atoms with Crippen LogP contribution in [-0.2, 0) is 0 Å². The second kappa shape index (κ2) is 6.07. The predicted molar refractivity (Wildman–Crippen MR) is 77.5 cm³/mol. The fourth-order valence-corrected chi connectivity index (χ4v) is 2.00. The first-order valence-electron chi connectivity index (χ1n) is 5.59. The van der Waals surface area contributed by atoms with E-state index in [4.69, 9.17) is 23.2 Å². The summed E-state index contributed by atoms with van der Waals surface area (Å²) in [6.07, 6.45) is 0. The Morgan fingerprint density at radius 1 is 1.24 bits per heavy atom. The minimum absolute atomic E-state index is 0.0552. The van der Waals surface area contributed by atoms with Crippen LogP contribution in [0.1, 0.15) is 10.4 Å². The summed E-state index contributed by atoms with van der Waals surface area (Å²) < 4.78 is 13.0. The molecule has 0 saturated carbocycles. The lowest BCUT2D eigenvalue weighted by molar-refractivity contribution is -0.384. The number of nitrogens with zero attached hydrogens (tertiary/aromatic N) is 1. The number of nitrogens with one attached hydrogen (secondary N) is 1. The summed E-state index contributed by atoms with van der Waals surface area (Å²) in [5, 5.41) is 12.9. The Hall–Kier alpha value is -2.18. The highest BCUT2D eigenvalue weighted by molar-refractivity contribution is 6.43. The van der Waals surface area contributed by atoms with Gasteiger partial charge >= 0.3 is 0 Å². The van der Waals surface area contributed by atoms with Crippen molar-refractivity contribution in [3.05, 3.63) is 67.9 Å². The van der Waals surface area contributed by atoms with Crippen molar-refractivity contribution < 1.29 is 14.1 Å². The molecule has 2 rings (SSSR count). The summed E-state index contributed by atoms with van der Waals surface area (Å²) in [6, 6.07) is 7.44. The zero-order valence-corrected chi connectivity index (χ0v) is 11.8. The van der Waals surface area contributed by atoms with E-state index in [1.54, 1.807) is 0 Å². The topological polar surface area (TPSA) is 72.2 Å². The van der Waals surface area contributed by atoms with Gasteiger partial charge in [-0.2, -0.15) is 0 Å². The fourth-order valence-electron chi connectivity index (χ4n) is 1.61. The Kier molecular flexibility index (Phi) is 4.40. The summed E-state index contributed by atoms with van der Waals surface area (Å²) in [5.41, 5.74) is -0.317. The number of halogens is 3. The molecule has 1 amide bonds. The molecule has 0 unspecified atom stereocenters. The van der Waals surface area contributed by atoms with Gasteiger partial charge in [-0.3, -0.25) is 14.9 Å². The molecule has 0 bridgehead atoms. The number of benzene rings is 2. The quantitative estimate of drug-likeness (QED) is 0.674. The zero-order chi connectivity index (χ0) is 15.6. The van der Waals surface area contributed by atoms with Gasteiger partial charge in [0.2, 0.25) is 0 Å². The molecule has 0 heterocycles. The third-order valence-corrected chi connectivity index (χ3v) is 3.34. The molecule has 21 heavy (non-hydrogen) atoms. The van der Waals surface area contributed by atoms with E-state index in [1.807, 2.05) is 0 Å². The molecule has 0 radical (unpaired) electrons. The highest BCUT2D eigenvalue weighted by atomic mass is 35.5. The molecular weight excluding hydrogens is 322 g/mol. The average molecular weight is 329 g/mol. The molecule has 2 aromatic rings. The van der Waals surface area contributed by atoms with Crippen LogP contribution in [0.15, 0.2) is 36.4 Å². The van der Waals surface area contributed by atoms with Gasteiger partial charge in [0.05, 0.1) is 9.95 Å². The van der Waals surface area contributed by atoms with Gasteiger partial charge < -0.3 is 5.32 Å². The molecule has 0 aliphatic carbocycles. The van der Waals surface area contributed by atoms with E-state index in [-0.39, 0.29) is 21.3 Å². The molecule has 1 N–H and O–H groups in total. The third kappa shape index (κ3) is 3.48. The lowest BCUT2D eigenvalue weighted by Gasteiger charge is -2.06. The van der Waals surface area contributed by atoms with Crippen molar-refractivity contribution in [3.63, 3.8) is 0 Å². The van der Waals surface area contributed by atoms with Crippen LogP contribution < -0.4 is 5.32 Å². The lowest BCUT2D eigenvalue weighted by atomic mass is 10.2. The Labute approximate surface area is 128 Å². The van der Waals surface area contributed by atoms with Crippen molar-refractivity contribution in [2.45, 2.75) is 0 Å². The normalized spacial score (nSPS) is 10.2. The number of nitro groups is 1. The maximum absolute atomic E-state index is 13.0. The average Bonchev–Trinajstić information content (AvgIpc) is 2.41. The minimum atomic E-state index is -0.743. The van der Waals surface area contributed by atoms with Crippen LogP contribution >= 0.6 is 23.2 Å². The molecule has 8 heteroatoms. The van der Waals surface area contributed by atoms with Crippen LogP contribution in [0.3, 0.4) is 0 Å². The zero-order valence-electron chi connectivity index (χ0n) is 10.3. The predicted octanol–water partition coefficient (Wildman–Crippen LogP) is 4.29. The van der Waals surface area contributed by atoms with Crippen molar-refractivity contribution in [2.75, 3.05) is 5.32 Å².